The van der Waals surface area contributed by atoms with Crippen LogP contribution in [0, 0.1) is 0 Å². The van der Waals surface area contributed by atoms with Crippen molar-refractivity contribution in [1.29, 1.82) is 0 Å². The number of ether oxygens (including phenoxy) is 1. The summed E-state index contributed by atoms with van der Waals surface area (Å²) in [7, 11) is 0. The summed E-state index contributed by atoms with van der Waals surface area (Å²) in [6, 6.07) is 11.6. The number of piperidine rings is 1. The molecular formula is C20H19Cl3N2O3. The molecule has 1 aliphatic rings. The number of hydrogen-bond donors (Lipinski definition) is 1. The monoisotopic (exact) mass is 440 g/mol. The van der Waals surface area contributed by atoms with Gasteiger partial charge >= 0.3 is 0 Å². The third kappa shape index (κ3) is 5.53. The number of likely N-dealkylation sites (tertiary alicyclic amines) is 1. The van der Waals surface area contributed by atoms with Gasteiger partial charge in [-0.3, -0.25) is 9.59 Å². The first-order chi connectivity index (χ1) is 13.4. The van der Waals surface area contributed by atoms with Gasteiger partial charge in [0, 0.05) is 34.7 Å². The van der Waals surface area contributed by atoms with Crippen LogP contribution in [0.4, 0.5) is 0 Å². The van der Waals surface area contributed by atoms with E-state index in [0.717, 1.165) is 0 Å². The standard InChI is InChI=1S/C20H19Cl3N2O3/c21-14-3-1-13(2-4-14)20(27)24-16-7-9-25(10-8-16)19(26)12-28-18-6-5-15(22)11-17(18)23/h1-6,11,16H,7-10,12H2,(H,24,27). The third-order valence-electron chi connectivity index (χ3n) is 4.53. The summed E-state index contributed by atoms with van der Waals surface area (Å²) in [6.45, 7) is 1.02. The fraction of sp³-hybridized carbons (Fsp3) is 0.300. The molecule has 1 N–H and O–H groups in total. The zero-order valence-electron chi connectivity index (χ0n) is 15.0. The Morgan fingerprint density at radius 3 is 2.29 bits per heavy atom. The average molecular weight is 442 g/mol. The van der Waals surface area contributed by atoms with Crippen molar-refractivity contribution in [3.05, 3.63) is 63.1 Å². The van der Waals surface area contributed by atoms with E-state index in [4.69, 9.17) is 39.5 Å². The Balaban J connectivity index is 1.44. The molecule has 2 aromatic rings. The Hall–Kier alpha value is -1.95. The van der Waals surface area contributed by atoms with E-state index >= 15 is 0 Å². The van der Waals surface area contributed by atoms with Crippen molar-refractivity contribution in [3.8, 4) is 5.75 Å². The van der Waals surface area contributed by atoms with Gasteiger partial charge in [-0.25, -0.2) is 0 Å². The van der Waals surface area contributed by atoms with E-state index in [1.165, 1.54) is 0 Å². The van der Waals surface area contributed by atoms with E-state index in [-0.39, 0.29) is 24.5 Å². The van der Waals surface area contributed by atoms with Crippen LogP contribution in [0.1, 0.15) is 23.2 Å². The molecule has 2 amide bonds. The first kappa shape index (κ1) is 20.8. The predicted molar refractivity (Wildman–Crippen MR) is 110 cm³/mol. The largest absolute Gasteiger partial charge is 0.482 e. The van der Waals surface area contributed by atoms with Crippen LogP contribution in [0.25, 0.3) is 0 Å². The summed E-state index contributed by atoms with van der Waals surface area (Å²) >= 11 is 17.7. The van der Waals surface area contributed by atoms with Crippen LogP contribution < -0.4 is 10.1 Å². The van der Waals surface area contributed by atoms with Crippen molar-refractivity contribution in [2.45, 2.75) is 18.9 Å². The molecule has 5 nitrogen and oxygen atoms in total. The maximum Gasteiger partial charge on any atom is 0.260 e. The van der Waals surface area contributed by atoms with Gasteiger partial charge in [0.1, 0.15) is 5.75 Å². The second-order valence-corrected chi connectivity index (χ2v) is 7.78. The van der Waals surface area contributed by atoms with Crippen LogP contribution in [0.5, 0.6) is 5.75 Å². The van der Waals surface area contributed by atoms with E-state index in [1.807, 2.05) is 0 Å². The van der Waals surface area contributed by atoms with E-state index in [2.05, 4.69) is 5.32 Å². The highest BCUT2D eigenvalue weighted by Gasteiger charge is 2.24. The van der Waals surface area contributed by atoms with E-state index in [0.29, 0.717) is 52.3 Å². The summed E-state index contributed by atoms with van der Waals surface area (Å²) in [5.41, 5.74) is 0.566. The van der Waals surface area contributed by atoms with E-state index in [9.17, 15) is 9.59 Å². The van der Waals surface area contributed by atoms with Crippen LogP contribution >= 0.6 is 34.8 Å². The molecule has 2 aromatic carbocycles. The lowest BCUT2D eigenvalue weighted by molar-refractivity contribution is -0.134. The van der Waals surface area contributed by atoms with E-state index in [1.54, 1.807) is 47.4 Å². The van der Waals surface area contributed by atoms with Gasteiger partial charge in [-0.15, -0.1) is 0 Å². The fourth-order valence-corrected chi connectivity index (χ4v) is 3.56. The van der Waals surface area contributed by atoms with Crippen molar-refractivity contribution in [1.82, 2.24) is 10.2 Å². The summed E-state index contributed by atoms with van der Waals surface area (Å²) in [5.74, 6) is 0.167. The molecule has 0 spiro atoms. The molecule has 0 saturated carbocycles. The van der Waals surface area contributed by atoms with Crippen molar-refractivity contribution in [2.24, 2.45) is 0 Å². The smallest absolute Gasteiger partial charge is 0.260 e. The lowest BCUT2D eigenvalue weighted by Crippen LogP contribution is -2.47. The van der Waals surface area contributed by atoms with Gasteiger partial charge < -0.3 is 15.0 Å². The Morgan fingerprint density at radius 1 is 1.00 bits per heavy atom. The van der Waals surface area contributed by atoms with Gasteiger partial charge in [-0.05, 0) is 55.3 Å². The normalized spacial score (nSPS) is 14.6. The number of halogens is 3. The minimum Gasteiger partial charge on any atom is -0.482 e. The Bertz CT molecular complexity index is 850. The first-order valence-electron chi connectivity index (χ1n) is 8.84. The number of hydrogen-bond acceptors (Lipinski definition) is 3. The molecule has 8 heteroatoms. The third-order valence-corrected chi connectivity index (χ3v) is 5.32. The average Bonchev–Trinajstić information content (AvgIpc) is 2.68. The molecule has 1 aliphatic heterocycles. The minimum absolute atomic E-state index is 0.0267. The topological polar surface area (TPSA) is 58.6 Å². The number of benzene rings is 2. The molecule has 0 aromatic heterocycles. The highest BCUT2D eigenvalue weighted by Crippen LogP contribution is 2.27. The van der Waals surface area contributed by atoms with Crippen molar-refractivity contribution >= 4 is 46.6 Å². The van der Waals surface area contributed by atoms with Gasteiger partial charge in [0.25, 0.3) is 11.8 Å². The number of nitrogens with zero attached hydrogens (tertiary/aromatic N) is 1. The summed E-state index contributed by atoms with van der Waals surface area (Å²) in [6.07, 6.45) is 1.37. The van der Waals surface area contributed by atoms with Crippen LogP contribution in [-0.2, 0) is 4.79 Å². The quantitative estimate of drug-likeness (QED) is 0.746. The molecule has 0 bridgehead atoms. The van der Waals surface area contributed by atoms with Crippen LogP contribution in [0.3, 0.4) is 0 Å². The fourth-order valence-electron chi connectivity index (χ4n) is 2.97. The summed E-state index contributed by atoms with van der Waals surface area (Å²) in [5, 5.41) is 4.46. The van der Waals surface area contributed by atoms with Crippen molar-refractivity contribution in [2.75, 3.05) is 19.7 Å². The van der Waals surface area contributed by atoms with Gasteiger partial charge in [-0.2, -0.15) is 0 Å². The molecule has 148 valence electrons. The lowest BCUT2D eigenvalue weighted by Gasteiger charge is -2.32. The Labute approximate surface area is 178 Å². The number of carbonyl (C=O) groups excluding carboxylic acids is 2. The van der Waals surface area contributed by atoms with E-state index < -0.39 is 0 Å². The maximum atomic E-state index is 12.4. The van der Waals surface area contributed by atoms with Crippen LogP contribution in [0.2, 0.25) is 15.1 Å². The second kappa shape index (κ2) is 9.50. The molecule has 1 fully saturated rings. The van der Waals surface area contributed by atoms with Crippen LogP contribution in [-0.4, -0.2) is 42.5 Å². The number of rotatable bonds is 5. The lowest BCUT2D eigenvalue weighted by atomic mass is 10.0. The molecule has 0 unspecified atom stereocenters. The molecule has 1 saturated heterocycles. The highest BCUT2D eigenvalue weighted by atomic mass is 35.5. The van der Waals surface area contributed by atoms with Gasteiger partial charge in [0.2, 0.25) is 0 Å². The SMILES string of the molecule is O=C(NC1CCN(C(=O)COc2ccc(Cl)cc2Cl)CC1)c1ccc(Cl)cc1. The van der Waals surface area contributed by atoms with Crippen molar-refractivity contribution < 1.29 is 14.3 Å². The molecule has 3 rings (SSSR count). The summed E-state index contributed by atoms with van der Waals surface area (Å²) in [4.78, 5) is 26.4. The predicted octanol–water partition coefficient (Wildman–Crippen LogP) is 4.45. The first-order valence-corrected chi connectivity index (χ1v) is 9.98. The van der Waals surface area contributed by atoms with Gasteiger partial charge in [-0.1, -0.05) is 34.8 Å². The van der Waals surface area contributed by atoms with Gasteiger partial charge in [0.05, 0.1) is 5.02 Å². The molecule has 28 heavy (non-hydrogen) atoms. The molecule has 0 aliphatic carbocycles. The van der Waals surface area contributed by atoms with Gasteiger partial charge in [0.15, 0.2) is 6.61 Å². The minimum atomic E-state index is -0.137. The Kier molecular flexibility index (Phi) is 7.05. The Morgan fingerprint density at radius 2 is 1.64 bits per heavy atom. The maximum absolute atomic E-state index is 12.4. The summed E-state index contributed by atoms with van der Waals surface area (Å²) < 4.78 is 5.50. The molecular weight excluding hydrogens is 423 g/mol. The second-order valence-electron chi connectivity index (χ2n) is 6.50. The number of carbonyl (C=O) groups is 2. The molecule has 0 atom stereocenters. The van der Waals surface area contributed by atoms with Crippen LogP contribution in [0.15, 0.2) is 42.5 Å². The number of nitrogens with one attached hydrogen (secondary N) is 1. The highest BCUT2D eigenvalue weighted by molar-refractivity contribution is 6.35. The van der Waals surface area contributed by atoms with Crippen molar-refractivity contribution in [3.63, 3.8) is 0 Å². The molecule has 1 heterocycles. The zero-order chi connectivity index (χ0) is 20.1. The zero-order valence-corrected chi connectivity index (χ0v) is 17.2. The molecule has 0 radical (unpaired) electrons. The number of amides is 2.